The molecule has 0 spiro atoms. The van der Waals surface area contributed by atoms with Gasteiger partial charge in [-0.3, -0.25) is 4.79 Å². The van der Waals surface area contributed by atoms with Crippen LogP contribution in [-0.2, 0) is 16.0 Å². The fourth-order valence-corrected chi connectivity index (χ4v) is 2.92. The normalized spacial score (nSPS) is 18.4. The fourth-order valence-electron chi connectivity index (χ4n) is 2.92. The van der Waals surface area contributed by atoms with Gasteiger partial charge in [0.05, 0.1) is 12.6 Å². The van der Waals surface area contributed by atoms with Crippen LogP contribution < -0.4 is 5.32 Å². The van der Waals surface area contributed by atoms with Gasteiger partial charge in [0, 0.05) is 6.08 Å². The Kier molecular flexibility index (Phi) is 4.89. The molecule has 3 heteroatoms. The minimum Gasteiger partial charge on any atom is -0.371 e. The highest BCUT2D eigenvalue weighted by Gasteiger charge is 2.26. The van der Waals surface area contributed by atoms with Crippen LogP contribution in [0.4, 0.5) is 0 Å². The SMILES string of the molecule is C[C@H](NC(=O)C=Cc1ccccc1)[C@@H]1OCCc2ccccc21. The smallest absolute Gasteiger partial charge is 0.244 e. The van der Waals surface area contributed by atoms with Crippen LogP contribution in [0.1, 0.15) is 29.7 Å². The van der Waals surface area contributed by atoms with E-state index < -0.39 is 0 Å². The van der Waals surface area contributed by atoms with Gasteiger partial charge in [0.25, 0.3) is 0 Å². The van der Waals surface area contributed by atoms with Gasteiger partial charge in [-0.15, -0.1) is 0 Å². The lowest BCUT2D eigenvalue weighted by atomic mass is 9.94. The van der Waals surface area contributed by atoms with Gasteiger partial charge in [0.2, 0.25) is 5.91 Å². The van der Waals surface area contributed by atoms with Crippen LogP contribution in [0.2, 0.25) is 0 Å². The number of hydrogen-bond donors (Lipinski definition) is 1. The first kappa shape index (κ1) is 15.5. The summed E-state index contributed by atoms with van der Waals surface area (Å²) in [7, 11) is 0. The quantitative estimate of drug-likeness (QED) is 0.878. The molecule has 0 aliphatic carbocycles. The van der Waals surface area contributed by atoms with Crippen molar-refractivity contribution in [1.29, 1.82) is 0 Å². The van der Waals surface area contributed by atoms with Crippen molar-refractivity contribution in [2.24, 2.45) is 0 Å². The van der Waals surface area contributed by atoms with Crippen molar-refractivity contribution >= 4 is 12.0 Å². The summed E-state index contributed by atoms with van der Waals surface area (Å²) >= 11 is 0. The number of fused-ring (bicyclic) bond motifs is 1. The molecule has 0 bridgehead atoms. The Morgan fingerprint density at radius 2 is 1.91 bits per heavy atom. The van der Waals surface area contributed by atoms with E-state index in [-0.39, 0.29) is 18.1 Å². The lowest BCUT2D eigenvalue weighted by Crippen LogP contribution is -2.39. The van der Waals surface area contributed by atoms with Crippen LogP contribution in [-0.4, -0.2) is 18.6 Å². The standard InChI is InChI=1S/C20H21NO2/c1-15(20-18-10-6-5-9-17(18)13-14-23-20)21-19(22)12-11-16-7-3-2-4-8-16/h2-12,15,20H,13-14H2,1H3,(H,21,22)/t15-,20-/m0/s1. The highest BCUT2D eigenvalue weighted by molar-refractivity contribution is 5.91. The Hall–Kier alpha value is -2.39. The summed E-state index contributed by atoms with van der Waals surface area (Å²) in [5.41, 5.74) is 3.50. The summed E-state index contributed by atoms with van der Waals surface area (Å²) in [4.78, 5) is 12.1. The van der Waals surface area contributed by atoms with Crippen molar-refractivity contribution in [1.82, 2.24) is 5.32 Å². The van der Waals surface area contributed by atoms with Crippen molar-refractivity contribution < 1.29 is 9.53 Å². The maximum Gasteiger partial charge on any atom is 0.244 e. The average Bonchev–Trinajstić information content (AvgIpc) is 2.60. The molecule has 3 nitrogen and oxygen atoms in total. The van der Waals surface area contributed by atoms with Gasteiger partial charge in [-0.05, 0) is 36.1 Å². The van der Waals surface area contributed by atoms with E-state index in [9.17, 15) is 4.79 Å². The van der Waals surface area contributed by atoms with Crippen molar-refractivity contribution in [3.8, 4) is 0 Å². The summed E-state index contributed by atoms with van der Waals surface area (Å²) in [6, 6.07) is 18.0. The molecule has 3 rings (SSSR count). The van der Waals surface area contributed by atoms with Crippen LogP contribution in [0.5, 0.6) is 0 Å². The molecule has 1 heterocycles. The highest BCUT2D eigenvalue weighted by atomic mass is 16.5. The van der Waals surface area contributed by atoms with Crippen LogP contribution in [0, 0.1) is 0 Å². The molecule has 118 valence electrons. The van der Waals surface area contributed by atoms with Gasteiger partial charge in [-0.1, -0.05) is 54.6 Å². The summed E-state index contributed by atoms with van der Waals surface area (Å²) in [6.45, 7) is 2.68. The molecule has 1 aliphatic rings. The summed E-state index contributed by atoms with van der Waals surface area (Å²) in [6.07, 6.45) is 4.23. The molecule has 23 heavy (non-hydrogen) atoms. The zero-order chi connectivity index (χ0) is 16.1. The first-order chi connectivity index (χ1) is 11.2. The van der Waals surface area contributed by atoms with Crippen LogP contribution in [0.15, 0.2) is 60.7 Å². The number of benzene rings is 2. The van der Waals surface area contributed by atoms with Crippen molar-refractivity contribution in [2.75, 3.05) is 6.61 Å². The maximum absolute atomic E-state index is 12.1. The molecule has 0 aromatic heterocycles. The lowest BCUT2D eigenvalue weighted by Gasteiger charge is -2.30. The Bertz CT molecular complexity index is 694. The molecule has 0 unspecified atom stereocenters. The van der Waals surface area contributed by atoms with Crippen LogP contribution >= 0.6 is 0 Å². The number of carbonyl (C=O) groups excluding carboxylic acids is 1. The fraction of sp³-hybridized carbons (Fsp3) is 0.250. The molecule has 2 atom stereocenters. The number of hydrogen-bond acceptors (Lipinski definition) is 2. The molecule has 0 radical (unpaired) electrons. The van der Waals surface area contributed by atoms with Gasteiger partial charge in [0.1, 0.15) is 6.10 Å². The minimum atomic E-state index is -0.104. The van der Waals surface area contributed by atoms with E-state index in [1.807, 2.05) is 55.5 Å². The Morgan fingerprint density at radius 1 is 1.17 bits per heavy atom. The van der Waals surface area contributed by atoms with Crippen LogP contribution in [0.3, 0.4) is 0 Å². The first-order valence-corrected chi connectivity index (χ1v) is 7.97. The van der Waals surface area contributed by atoms with E-state index >= 15 is 0 Å². The minimum absolute atomic E-state index is 0.0793. The third-order valence-corrected chi connectivity index (χ3v) is 4.08. The number of nitrogens with one attached hydrogen (secondary N) is 1. The maximum atomic E-state index is 12.1. The molecule has 0 fully saturated rings. The molecule has 2 aromatic rings. The van der Waals surface area contributed by atoms with E-state index in [4.69, 9.17) is 4.74 Å². The molecule has 2 aromatic carbocycles. The van der Waals surface area contributed by atoms with Gasteiger partial charge in [0.15, 0.2) is 0 Å². The summed E-state index contributed by atoms with van der Waals surface area (Å²) in [5, 5.41) is 3.01. The van der Waals surface area contributed by atoms with E-state index in [0.717, 1.165) is 12.0 Å². The second-order valence-electron chi connectivity index (χ2n) is 5.78. The predicted molar refractivity (Wildman–Crippen MR) is 91.9 cm³/mol. The lowest BCUT2D eigenvalue weighted by molar-refractivity contribution is -0.118. The van der Waals surface area contributed by atoms with Crippen molar-refractivity contribution in [3.05, 3.63) is 77.4 Å². The Labute approximate surface area is 137 Å². The van der Waals surface area contributed by atoms with Crippen molar-refractivity contribution in [3.63, 3.8) is 0 Å². The van der Waals surface area contributed by atoms with Gasteiger partial charge < -0.3 is 10.1 Å². The summed E-state index contributed by atoms with van der Waals surface area (Å²) in [5.74, 6) is -0.104. The highest BCUT2D eigenvalue weighted by Crippen LogP contribution is 2.29. The van der Waals surface area contributed by atoms with Gasteiger partial charge in [-0.25, -0.2) is 0 Å². The zero-order valence-electron chi connectivity index (χ0n) is 13.2. The Morgan fingerprint density at radius 3 is 2.74 bits per heavy atom. The Balaban J connectivity index is 1.64. The number of carbonyl (C=O) groups is 1. The first-order valence-electron chi connectivity index (χ1n) is 7.97. The van der Waals surface area contributed by atoms with E-state index in [1.54, 1.807) is 6.08 Å². The van der Waals surface area contributed by atoms with Crippen molar-refractivity contribution in [2.45, 2.75) is 25.5 Å². The molecule has 0 saturated carbocycles. The number of ether oxygens (including phenoxy) is 1. The molecule has 1 aliphatic heterocycles. The monoisotopic (exact) mass is 307 g/mol. The average molecular weight is 307 g/mol. The molecule has 1 amide bonds. The van der Waals surface area contributed by atoms with E-state index in [1.165, 1.54) is 11.1 Å². The third kappa shape index (κ3) is 3.88. The van der Waals surface area contributed by atoms with Gasteiger partial charge >= 0.3 is 0 Å². The molecule has 0 saturated heterocycles. The second kappa shape index (κ2) is 7.25. The number of rotatable bonds is 4. The predicted octanol–water partition coefficient (Wildman–Crippen LogP) is 3.52. The molecule has 1 N–H and O–H groups in total. The molecular weight excluding hydrogens is 286 g/mol. The summed E-state index contributed by atoms with van der Waals surface area (Å²) < 4.78 is 5.89. The van der Waals surface area contributed by atoms with Gasteiger partial charge in [-0.2, -0.15) is 0 Å². The largest absolute Gasteiger partial charge is 0.371 e. The third-order valence-electron chi connectivity index (χ3n) is 4.08. The topological polar surface area (TPSA) is 38.3 Å². The number of amides is 1. The van der Waals surface area contributed by atoms with E-state index in [0.29, 0.717) is 6.61 Å². The van der Waals surface area contributed by atoms with Crippen LogP contribution in [0.25, 0.3) is 6.08 Å². The second-order valence-corrected chi connectivity index (χ2v) is 5.78. The zero-order valence-corrected chi connectivity index (χ0v) is 13.2. The van der Waals surface area contributed by atoms with E-state index in [2.05, 4.69) is 17.4 Å². The molecular formula is C20H21NO2.